The number of piperazine rings is 1. The predicted octanol–water partition coefficient (Wildman–Crippen LogP) is 0.0140. The van der Waals surface area contributed by atoms with Crippen molar-refractivity contribution in [1.29, 1.82) is 0 Å². The Morgan fingerprint density at radius 3 is 2.62 bits per heavy atom. The van der Waals surface area contributed by atoms with Crippen LogP contribution < -0.4 is 16.0 Å². The summed E-state index contributed by atoms with van der Waals surface area (Å²) in [6.07, 6.45) is 0.355. The summed E-state index contributed by atoms with van der Waals surface area (Å²) in [5.41, 5.74) is 7.34. The number of benzene rings is 1. The maximum absolute atomic E-state index is 11.7. The molecule has 1 heterocycles. The molecule has 0 spiro atoms. The van der Waals surface area contributed by atoms with E-state index in [1.165, 1.54) is 4.90 Å². The number of nitrogens with zero attached hydrogens (tertiary/aromatic N) is 1. The van der Waals surface area contributed by atoms with E-state index in [2.05, 4.69) is 5.32 Å². The van der Waals surface area contributed by atoms with Crippen LogP contribution in [0, 0.1) is 0 Å². The van der Waals surface area contributed by atoms with Crippen LogP contribution in [0.4, 0.5) is 5.69 Å². The molecule has 1 saturated heterocycles. The lowest BCUT2D eigenvalue weighted by Crippen LogP contribution is -2.52. The molecule has 1 aromatic rings. The Morgan fingerprint density at radius 2 is 2.00 bits per heavy atom. The van der Waals surface area contributed by atoms with Crippen molar-refractivity contribution in [2.45, 2.75) is 18.9 Å². The Bertz CT molecular complexity index is 556. The Hall–Kier alpha value is -2.41. The van der Waals surface area contributed by atoms with Crippen LogP contribution in [-0.2, 0) is 14.4 Å². The number of carboxylic acids is 1. The van der Waals surface area contributed by atoms with Crippen molar-refractivity contribution in [3.8, 4) is 0 Å². The first kappa shape index (κ1) is 15.0. The third-order valence-corrected chi connectivity index (χ3v) is 3.36. The first-order valence-corrected chi connectivity index (χ1v) is 6.66. The number of nitrogens with one attached hydrogen (secondary N) is 1. The van der Waals surface area contributed by atoms with Gasteiger partial charge in [-0.05, 0) is 24.1 Å². The van der Waals surface area contributed by atoms with Crippen molar-refractivity contribution in [2.75, 3.05) is 18.0 Å². The first-order valence-electron chi connectivity index (χ1n) is 6.66. The van der Waals surface area contributed by atoms with E-state index >= 15 is 0 Å². The summed E-state index contributed by atoms with van der Waals surface area (Å²) < 4.78 is 0. The number of carbonyl (C=O) groups is 3. The average molecular weight is 291 g/mol. The van der Waals surface area contributed by atoms with Gasteiger partial charge in [-0.3, -0.25) is 14.4 Å². The fourth-order valence-corrected chi connectivity index (χ4v) is 2.17. The molecule has 112 valence electrons. The van der Waals surface area contributed by atoms with E-state index in [9.17, 15) is 14.4 Å². The molecule has 7 heteroatoms. The molecule has 0 saturated carbocycles. The summed E-state index contributed by atoms with van der Waals surface area (Å²) in [7, 11) is 0. The minimum atomic E-state index is -0.882. The Balaban J connectivity index is 2.06. The summed E-state index contributed by atoms with van der Waals surface area (Å²) in [6.45, 7) is 0.847. The van der Waals surface area contributed by atoms with Crippen LogP contribution in [0.3, 0.4) is 0 Å². The van der Waals surface area contributed by atoms with Crippen molar-refractivity contribution >= 4 is 23.5 Å². The van der Waals surface area contributed by atoms with E-state index < -0.39 is 17.8 Å². The summed E-state index contributed by atoms with van der Waals surface area (Å²) in [4.78, 5) is 35.0. The number of rotatable bonds is 5. The molecule has 0 radical (unpaired) electrons. The van der Waals surface area contributed by atoms with Crippen molar-refractivity contribution in [3.63, 3.8) is 0 Å². The summed E-state index contributed by atoms with van der Waals surface area (Å²) >= 11 is 0. The SMILES string of the molecule is NC(CCC(=O)O)c1ccc(N2CCNC(=O)C2=O)cc1. The van der Waals surface area contributed by atoms with Crippen molar-refractivity contribution in [1.82, 2.24) is 5.32 Å². The highest BCUT2D eigenvalue weighted by Crippen LogP contribution is 2.21. The van der Waals surface area contributed by atoms with Gasteiger partial charge in [0.05, 0.1) is 0 Å². The minimum absolute atomic E-state index is 0.00764. The van der Waals surface area contributed by atoms with E-state index in [0.29, 0.717) is 25.2 Å². The second-order valence-corrected chi connectivity index (χ2v) is 4.84. The summed E-state index contributed by atoms with van der Waals surface area (Å²) in [6, 6.07) is 6.57. The molecule has 1 aliphatic rings. The van der Waals surface area contributed by atoms with Gasteiger partial charge >= 0.3 is 17.8 Å². The number of carbonyl (C=O) groups excluding carboxylic acids is 2. The molecule has 2 rings (SSSR count). The maximum Gasteiger partial charge on any atom is 0.316 e. The van der Waals surface area contributed by atoms with Crippen molar-refractivity contribution in [2.24, 2.45) is 5.73 Å². The predicted molar refractivity (Wildman–Crippen MR) is 75.6 cm³/mol. The zero-order chi connectivity index (χ0) is 15.4. The lowest BCUT2D eigenvalue weighted by atomic mass is 10.0. The number of aliphatic carboxylic acids is 1. The topological polar surface area (TPSA) is 113 Å². The molecule has 0 aliphatic carbocycles. The Morgan fingerprint density at radius 1 is 1.33 bits per heavy atom. The second-order valence-electron chi connectivity index (χ2n) is 4.84. The van der Waals surface area contributed by atoms with Crippen LogP contribution in [0.1, 0.15) is 24.4 Å². The lowest BCUT2D eigenvalue weighted by Gasteiger charge is -2.26. The van der Waals surface area contributed by atoms with Gasteiger partial charge in [0.1, 0.15) is 0 Å². The fraction of sp³-hybridized carbons (Fsp3) is 0.357. The maximum atomic E-state index is 11.7. The van der Waals surface area contributed by atoms with Crippen LogP contribution in [0.5, 0.6) is 0 Å². The molecule has 1 atom stereocenters. The lowest BCUT2D eigenvalue weighted by molar-refractivity contribution is -0.138. The molecule has 1 aromatic carbocycles. The molecule has 4 N–H and O–H groups in total. The van der Waals surface area contributed by atoms with E-state index in [1.54, 1.807) is 24.3 Å². The van der Waals surface area contributed by atoms with Crippen LogP contribution >= 0.6 is 0 Å². The normalized spacial score (nSPS) is 16.5. The van der Waals surface area contributed by atoms with Crippen LogP contribution in [-0.4, -0.2) is 36.0 Å². The molecule has 1 aliphatic heterocycles. The van der Waals surface area contributed by atoms with Gasteiger partial charge in [0.25, 0.3) is 0 Å². The number of carboxylic acid groups (broad SMARTS) is 1. The monoisotopic (exact) mass is 291 g/mol. The van der Waals surface area contributed by atoms with E-state index in [1.807, 2.05) is 0 Å². The van der Waals surface area contributed by atoms with Gasteiger partial charge in [-0.2, -0.15) is 0 Å². The highest BCUT2D eigenvalue weighted by Gasteiger charge is 2.27. The van der Waals surface area contributed by atoms with Gasteiger partial charge in [0.2, 0.25) is 0 Å². The van der Waals surface area contributed by atoms with Crippen LogP contribution in [0.2, 0.25) is 0 Å². The smallest absolute Gasteiger partial charge is 0.316 e. The van der Waals surface area contributed by atoms with Gasteiger partial charge in [-0.1, -0.05) is 12.1 Å². The molecule has 2 amide bonds. The summed E-state index contributed by atoms with van der Waals surface area (Å²) in [5, 5.41) is 11.1. The first-order chi connectivity index (χ1) is 9.99. The van der Waals surface area contributed by atoms with E-state index in [4.69, 9.17) is 10.8 Å². The fourth-order valence-electron chi connectivity index (χ4n) is 2.17. The summed E-state index contributed by atoms with van der Waals surface area (Å²) in [5.74, 6) is -2.07. The van der Waals surface area contributed by atoms with Gasteiger partial charge in [0, 0.05) is 31.2 Å². The Labute approximate surface area is 121 Å². The molecule has 21 heavy (non-hydrogen) atoms. The molecule has 0 aromatic heterocycles. The molecule has 7 nitrogen and oxygen atoms in total. The molecular weight excluding hydrogens is 274 g/mol. The van der Waals surface area contributed by atoms with Crippen LogP contribution in [0.25, 0.3) is 0 Å². The third-order valence-electron chi connectivity index (χ3n) is 3.36. The quantitative estimate of drug-likeness (QED) is 0.662. The standard InChI is InChI=1S/C14H17N3O4/c15-11(5-6-12(18)19)9-1-3-10(4-2-9)17-8-7-16-13(20)14(17)21/h1-4,11H,5-8,15H2,(H,16,20)(H,18,19). The second kappa shape index (κ2) is 6.36. The number of hydrogen-bond acceptors (Lipinski definition) is 4. The van der Waals surface area contributed by atoms with E-state index in [0.717, 1.165) is 5.56 Å². The van der Waals surface area contributed by atoms with Gasteiger partial charge in [-0.15, -0.1) is 0 Å². The largest absolute Gasteiger partial charge is 0.481 e. The van der Waals surface area contributed by atoms with Gasteiger partial charge in [-0.25, -0.2) is 0 Å². The molecule has 1 unspecified atom stereocenters. The molecule has 1 fully saturated rings. The Kier molecular flexibility index (Phi) is 4.54. The zero-order valence-electron chi connectivity index (χ0n) is 11.4. The number of nitrogens with two attached hydrogens (primary N) is 1. The number of amides is 2. The minimum Gasteiger partial charge on any atom is -0.481 e. The highest BCUT2D eigenvalue weighted by atomic mass is 16.4. The third kappa shape index (κ3) is 3.57. The van der Waals surface area contributed by atoms with Crippen LogP contribution in [0.15, 0.2) is 24.3 Å². The van der Waals surface area contributed by atoms with Crippen molar-refractivity contribution < 1.29 is 19.5 Å². The number of hydrogen-bond donors (Lipinski definition) is 3. The number of anilines is 1. The average Bonchev–Trinajstić information content (AvgIpc) is 2.48. The zero-order valence-corrected chi connectivity index (χ0v) is 11.4. The van der Waals surface area contributed by atoms with Gasteiger partial charge < -0.3 is 21.1 Å². The van der Waals surface area contributed by atoms with Crippen molar-refractivity contribution in [3.05, 3.63) is 29.8 Å². The highest BCUT2D eigenvalue weighted by molar-refractivity contribution is 6.41. The van der Waals surface area contributed by atoms with Gasteiger partial charge in [0.15, 0.2) is 0 Å². The molecule has 0 bridgehead atoms. The van der Waals surface area contributed by atoms with E-state index in [-0.39, 0.29) is 12.5 Å². The molecular formula is C14H17N3O4.